The van der Waals surface area contributed by atoms with Crippen LogP contribution in [0.25, 0.3) is 0 Å². The molecule has 0 aromatic carbocycles. The van der Waals surface area contributed by atoms with Crippen molar-refractivity contribution in [2.45, 2.75) is 43.7 Å². The second-order valence-electron chi connectivity index (χ2n) is 8.20. The quantitative estimate of drug-likeness (QED) is 0.790. The highest BCUT2D eigenvalue weighted by molar-refractivity contribution is 6.01. The average Bonchev–Trinajstić information content (AvgIpc) is 3.09. The van der Waals surface area contributed by atoms with Crippen molar-refractivity contribution in [1.29, 1.82) is 0 Å². The van der Waals surface area contributed by atoms with Crippen molar-refractivity contribution in [2.75, 3.05) is 34.9 Å². The number of carbonyl (C=O) groups is 2. The topological polar surface area (TPSA) is 85.3 Å². The smallest absolute Gasteiger partial charge is 0.201 e. The molecule has 1 saturated carbocycles. The first kappa shape index (κ1) is 18.5. The summed E-state index contributed by atoms with van der Waals surface area (Å²) >= 11 is 0. The average molecular weight is 377 g/mol. The van der Waals surface area contributed by atoms with Gasteiger partial charge in [0.2, 0.25) is 11.5 Å². The van der Waals surface area contributed by atoms with E-state index in [-0.39, 0.29) is 30.2 Å². The normalized spacial score (nSPS) is 41.5. The maximum atomic E-state index is 13.4. The summed E-state index contributed by atoms with van der Waals surface area (Å²) < 4.78 is 16.4. The van der Waals surface area contributed by atoms with Crippen molar-refractivity contribution < 1.29 is 28.9 Å². The Bertz CT molecular complexity index is 772. The number of rotatable bonds is 3. The molecule has 148 valence electrons. The van der Waals surface area contributed by atoms with E-state index in [9.17, 15) is 14.7 Å². The van der Waals surface area contributed by atoms with Crippen LogP contribution in [0.1, 0.15) is 32.1 Å². The van der Waals surface area contributed by atoms with Crippen LogP contribution in [0.4, 0.5) is 0 Å². The molecule has 1 N–H and O–H groups in total. The van der Waals surface area contributed by atoms with Crippen molar-refractivity contribution in [1.82, 2.24) is 4.90 Å². The molecule has 1 saturated heterocycles. The van der Waals surface area contributed by atoms with Gasteiger partial charge in [-0.2, -0.15) is 0 Å². The fourth-order valence-electron chi connectivity index (χ4n) is 6.61. The Balaban J connectivity index is 1.96. The summed E-state index contributed by atoms with van der Waals surface area (Å²) in [5.41, 5.74) is -2.00. The lowest BCUT2D eigenvalue weighted by atomic mass is 9.51. The highest BCUT2D eigenvalue weighted by atomic mass is 16.5. The van der Waals surface area contributed by atoms with Crippen molar-refractivity contribution >= 4 is 11.6 Å². The number of likely N-dealkylation sites (N-methyl/N-ethyl adjacent to an activating group) is 1. The fourth-order valence-corrected chi connectivity index (χ4v) is 6.61. The van der Waals surface area contributed by atoms with Gasteiger partial charge in [-0.3, -0.25) is 14.5 Å². The van der Waals surface area contributed by atoms with Crippen LogP contribution in [0.5, 0.6) is 0 Å². The second-order valence-corrected chi connectivity index (χ2v) is 8.20. The molecule has 4 atom stereocenters. The predicted octanol–water partition coefficient (Wildman–Crippen LogP) is 1.17. The van der Waals surface area contributed by atoms with Crippen LogP contribution in [-0.4, -0.2) is 68.1 Å². The number of allylic oxidation sites excluding steroid dienone is 2. The summed E-state index contributed by atoms with van der Waals surface area (Å²) in [6, 6.07) is 0. The predicted molar refractivity (Wildman–Crippen MR) is 95.5 cm³/mol. The molecule has 7 heteroatoms. The number of hydrogen-bond acceptors (Lipinski definition) is 7. The molecule has 4 rings (SSSR count). The van der Waals surface area contributed by atoms with E-state index in [0.29, 0.717) is 30.8 Å². The van der Waals surface area contributed by atoms with Gasteiger partial charge in [-0.25, -0.2) is 0 Å². The fraction of sp³-hybridized carbons (Fsp3) is 0.700. The van der Waals surface area contributed by atoms with Crippen LogP contribution >= 0.6 is 0 Å². The van der Waals surface area contributed by atoms with Gasteiger partial charge in [-0.05, 0) is 39.3 Å². The first-order chi connectivity index (χ1) is 12.8. The lowest BCUT2D eigenvalue weighted by Gasteiger charge is -2.54. The number of nitrogens with zero attached hydrogens (tertiary/aromatic N) is 1. The largest absolute Gasteiger partial charge is 0.498 e. The zero-order valence-corrected chi connectivity index (χ0v) is 16.3. The van der Waals surface area contributed by atoms with E-state index in [4.69, 9.17) is 14.2 Å². The third-order valence-corrected chi connectivity index (χ3v) is 7.70. The summed E-state index contributed by atoms with van der Waals surface area (Å²) in [5.74, 6) is 0.905. The van der Waals surface area contributed by atoms with Gasteiger partial charge in [0.05, 0.1) is 26.9 Å². The van der Waals surface area contributed by atoms with Gasteiger partial charge in [0.25, 0.3) is 0 Å². The Labute approximate surface area is 158 Å². The van der Waals surface area contributed by atoms with E-state index >= 15 is 0 Å². The van der Waals surface area contributed by atoms with E-state index < -0.39 is 22.5 Å². The van der Waals surface area contributed by atoms with Crippen molar-refractivity contribution in [3.63, 3.8) is 0 Å². The van der Waals surface area contributed by atoms with Crippen LogP contribution in [-0.2, 0) is 23.8 Å². The molecule has 0 aromatic heterocycles. The number of Topliss-reactive ketones (excluding diaryl/α,β-unsaturated/α-hetero) is 1. The van der Waals surface area contributed by atoms with Crippen LogP contribution in [0.2, 0.25) is 0 Å². The van der Waals surface area contributed by atoms with Gasteiger partial charge in [-0.15, -0.1) is 0 Å². The SMILES string of the molecule is COC1=CC(=O)[C@]2(CC[C@]34C(OC)=C(OC)C(=O)C[C@]23CCN4C)C[C@@H]1O. The summed E-state index contributed by atoms with van der Waals surface area (Å²) in [6.07, 6.45) is 3.06. The lowest BCUT2D eigenvalue weighted by molar-refractivity contribution is -0.145. The van der Waals surface area contributed by atoms with E-state index in [1.54, 1.807) is 7.11 Å². The first-order valence-electron chi connectivity index (χ1n) is 9.39. The summed E-state index contributed by atoms with van der Waals surface area (Å²) in [6.45, 7) is 0.753. The Hall–Kier alpha value is -1.86. The molecule has 0 radical (unpaired) electrons. The van der Waals surface area contributed by atoms with Crippen LogP contribution in [0.3, 0.4) is 0 Å². The van der Waals surface area contributed by atoms with Crippen molar-refractivity contribution in [3.8, 4) is 0 Å². The minimum absolute atomic E-state index is 0.0501. The number of ketones is 2. The summed E-state index contributed by atoms with van der Waals surface area (Å²) in [7, 11) is 6.52. The molecule has 7 nitrogen and oxygen atoms in total. The highest BCUT2D eigenvalue weighted by Gasteiger charge is 2.78. The highest BCUT2D eigenvalue weighted by Crippen LogP contribution is 2.73. The van der Waals surface area contributed by atoms with Crippen molar-refractivity contribution in [3.05, 3.63) is 23.4 Å². The van der Waals surface area contributed by atoms with E-state index in [2.05, 4.69) is 4.90 Å². The number of ether oxygens (including phenoxy) is 3. The summed E-state index contributed by atoms with van der Waals surface area (Å²) in [4.78, 5) is 28.6. The van der Waals surface area contributed by atoms with Crippen LogP contribution in [0, 0.1) is 10.8 Å². The second kappa shape index (κ2) is 5.82. The minimum Gasteiger partial charge on any atom is -0.498 e. The van der Waals surface area contributed by atoms with E-state index in [1.165, 1.54) is 20.3 Å². The third-order valence-electron chi connectivity index (χ3n) is 7.70. The monoisotopic (exact) mass is 377 g/mol. The molecule has 3 aliphatic carbocycles. The minimum atomic E-state index is -0.849. The molecule has 27 heavy (non-hydrogen) atoms. The molecule has 1 aliphatic heterocycles. The summed E-state index contributed by atoms with van der Waals surface area (Å²) in [5, 5.41) is 10.7. The lowest BCUT2D eigenvalue weighted by Crippen LogP contribution is -2.61. The molecular formula is C20H27NO6. The molecule has 0 unspecified atom stereocenters. The molecule has 1 spiro atoms. The van der Waals surface area contributed by atoms with E-state index in [0.717, 1.165) is 6.54 Å². The number of aliphatic hydroxyl groups excluding tert-OH is 1. The molecule has 4 aliphatic rings. The van der Waals surface area contributed by atoms with E-state index in [1.807, 2.05) is 7.05 Å². The maximum absolute atomic E-state index is 13.4. The molecular weight excluding hydrogens is 350 g/mol. The Kier molecular flexibility index (Phi) is 3.99. The van der Waals surface area contributed by atoms with Crippen LogP contribution < -0.4 is 0 Å². The number of carbonyl (C=O) groups excluding carboxylic acids is 2. The zero-order chi connectivity index (χ0) is 19.6. The van der Waals surface area contributed by atoms with Crippen LogP contribution in [0.15, 0.2) is 23.4 Å². The zero-order valence-electron chi connectivity index (χ0n) is 16.3. The number of methoxy groups -OCH3 is 3. The maximum Gasteiger partial charge on any atom is 0.201 e. The molecule has 2 fully saturated rings. The number of hydrogen-bond donors (Lipinski definition) is 1. The Morgan fingerprint density at radius 3 is 2.48 bits per heavy atom. The van der Waals surface area contributed by atoms with Gasteiger partial charge in [0.1, 0.15) is 11.9 Å². The van der Waals surface area contributed by atoms with Gasteiger partial charge >= 0.3 is 0 Å². The number of likely N-dealkylation sites (tertiary alicyclic amines) is 1. The standard InChI is InChI=1S/C20H27NO6/c1-21-8-7-19-11-13(23)16(26-3)17(27-4)20(19,21)6-5-18(19)10-12(22)14(25-2)9-15(18)24/h9,12,22H,5-8,10-11H2,1-4H3/t12-,18-,19+,20-/m0/s1. The van der Waals surface area contributed by atoms with Gasteiger partial charge in [0, 0.05) is 23.3 Å². The molecule has 1 heterocycles. The third kappa shape index (κ3) is 1.89. The van der Waals surface area contributed by atoms with Gasteiger partial charge in [-0.1, -0.05) is 0 Å². The molecule has 0 aromatic rings. The first-order valence-corrected chi connectivity index (χ1v) is 9.39. The van der Waals surface area contributed by atoms with Gasteiger partial charge in [0.15, 0.2) is 11.5 Å². The van der Waals surface area contributed by atoms with Crippen molar-refractivity contribution in [2.24, 2.45) is 10.8 Å². The molecule has 0 amide bonds. The number of aliphatic hydroxyl groups is 1. The van der Waals surface area contributed by atoms with Gasteiger partial charge < -0.3 is 19.3 Å². The Morgan fingerprint density at radius 2 is 1.85 bits per heavy atom. The Morgan fingerprint density at radius 1 is 1.11 bits per heavy atom. The molecule has 0 bridgehead atoms.